The van der Waals surface area contributed by atoms with E-state index in [4.69, 9.17) is 9.47 Å². The van der Waals surface area contributed by atoms with Crippen molar-refractivity contribution in [2.24, 2.45) is 0 Å². The fourth-order valence-electron chi connectivity index (χ4n) is 3.92. The van der Waals surface area contributed by atoms with Gasteiger partial charge < -0.3 is 14.0 Å². The monoisotopic (exact) mass is 377 g/mol. The lowest BCUT2D eigenvalue weighted by Gasteiger charge is -2.41. The van der Waals surface area contributed by atoms with Crippen LogP contribution >= 0.6 is 0 Å². The summed E-state index contributed by atoms with van der Waals surface area (Å²) in [4.78, 5) is 12.2. The topological polar surface area (TPSA) is 47.6 Å². The van der Waals surface area contributed by atoms with Crippen molar-refractivity contribution in [1.82, 2.24) is 0 Å². The fourth-order valence-corrected chi connectivity index (χ4v) is 3.92. The number of rotatable bonds is 11. The molecule has 1 amide bonds. The summed E-state index contributed by atoms with van der Waals surface area (Å²) in [5, 5.41) is 2.84. The molecule has 0 saturated carbocycles. The Labute approximate surface area is 164 Å². The van der Waals surface area contributed by atoms with Crippen LogP contribution in [0.15, 0.2) is 24.3 Å². The average molecular weight is 378 g/mol. The first-order valence-electron chi connectivity index (χ1n) is 10.7. The van der Waals surface area contributed by atoms with E-state index in [1.54, 1.807) is 0 Å². The zero-order valence-corrected chi connectivity index (χ0v) is 17.2. The minimum atomic E-state index is -0.397. The van der Waals surface area contributed by atoms with Gasteiger partial charge >= 0.3 is 6.09 Å². The minimum absolute atomic E-state index is 0.397. The Bertz CT molecular complexity index is 551. The SMILES string of the molecule is CCCCCOc1ccccc1NC(=O)OCC[N+]1(CCC)CCCCC1. The first-order valence-corrected chi connectivity index (χ1v) is 10.7. The first kappa shape index (κ1) is 21.5. The van der Waals surface area contributed by atoms with Gasteiger partial charge in [-0.3, -0.25) is 5.32 Å². The van der Waals surface area contributed by atoms with Crippen molar-refractivity contribution in [1.29, 1.82) is 0 Å². The Kier molecular flexibility index (Phi) is 9.46. The molecule has 27 heavy (non-hydrogen) atoms. The number of anilines is 1. The summed E-state index contributed by atoms with van der Waals surface area (Å²) >= 11 is 0. The number of unbranched alkanes of at least 4 members (excludes halogenated alkanes) is 2. The molecular formula is C22H37N2O3+. The summed E-state index contributed by atoms with van der Waals surface area (Å²) in [7, 11) is 0. The lowest BCUT2D eigenvalue weighted by molar-refractivity contribution is -0.932. The molecule has 5 nitrogen and oxygen atoms in total. The number of ether oxygens (including phenoxy) is 2. The third-order valence-corrected chi connectivity index (χ3v) is 5.39. The average Bonchev–Trinajstić information content (AvgIpc) is 2.67. The third kappa shape index (κ3) is 7.41. The van der Waals surface area contributed by atoms with Crippen molar-refractivity contribution in [3.8, 4) is 5.75 Å². The van der Waals surface area contributed by atoms with E-state index in [0.717, 1.165) is 30.3 Å². The van der Waals surface area contributed by atoms with Gasteiger partial charge in [-0.25, -0.2) is 4.79 Å². The molecule has 1 saturated heterocycles. The van der Waals surface area contributed by atoms with Crippen LogP contribution in [0, 0.1) is 0 Å². The Morgan fingerprint density at radius 1 is 1.00 bits per heavy atom. The minimum Gasteiger partial charge on any atom is -0.491 e. The smallest absolute Gasteiger partial charge is 0.411 e. The fraction of sp³-hybridized carbons (Fsp3) is 0.682. The maximum Gasteiger partial charge on any atom is 0.411 e. The number of benzene rings is 1. The Morgan fingerprint density at radius 2 is 1.78 bits per heavy atom. The zero-order chi connectivity index (χ0) is 19.4. The standard InChI is InChI=1S/C22H36N2O3/c1-3-5-11-18-26-21-13-8-7-12-20(21)23-22(25)27-19-17-24(14-4-2)15-9-6-10-16-24/h7-8,12-13H,3-6,9-11,14-19H2,1-2H3/p+1. The number of nitrogens with one attached hydrogen (secondary N) is 1. The van der Waals surface area contributed by atoms with Crippen molar-refractivity contribution >= 4 is 11.8 Å². The second-order valence-electron chi connectivity index (χ2n) is 7.61. The lowest BCUT2D eigenvalue weighted by atomic mass is 10.1. The number of hydrogen-bond donors (Lipinski definition) is 1. The number of hydrogen-bond acceptors (Lipinski definition) is 3. The normalized spacial score (nSPS) is 15.9. The van der Waals surface area contributed by atoms with Gasteiger partial charge in [0.05, 0.1) is 31.9 Å². The summed E-state index contributed by atoms with van der Waals surface area (Å²) in [5.74, 6) is 0.705. The molecule has 0 aromatic heterocycles. The van der Waals surface area contributed by atoms with E-state index >= 15 is 0 Å². The molecule has 1 aliphatic rings. The molecule has 2 rings (SSSR count). The third-order valence-electron chi connectivity index (χ3n) is 5.39. The number of amides is 1. The first-order chi connectivity index (χ1) is 13.2. The second-order valence-corrected chi connectivity index (χ2v) is 7.61. The van der Waals surface area contributed by atoms with Crippen molar-refractivity contribution in [3.63, 3.8) is 0 Å². The number of carbonyl (C=O) groups excluding carboxylic acids is 1. The maximum atomic E-state index is 12.2. The molecule has 1 fully saturated rings. The highest BCUT2D eigenvalue weighted by atomic mass is 16.5. The zero-order valence-electron chi connectivity index (χ0n) is 17.2. The van der Waals surface area contributed by atoms with Crippen molar-refractivity contribution in [3.05, 3.63) is 24.3 Å². The second kappa shape index (κ2) is 11.9. The van der Waals surface area contributed by atoms with Gasteiger partial charge in [-0.1, -0.05) is 38.8 Å². The molecule has 0 atom stereocenters. The predicted molar refractivity (Wildman–Crippen MR) is 110 cm³/mol. The highest BCUT2D eigenvalue weighted by molar-refractivity contribution is 5.86. The van der Waals surface area contributed by atoms with Gasteiger partial charge in [-0.2, -0.15) is 0 Å². The molecule has 0 spiro atoms. The summed E-state index contributed by atoms with van der Waals surface area (Å²) < 4.78 is 12.4. The van der Waals surface area contributed by atoms with E-state index in [2.05, 4.69) is 19.2 Å². The molecule has 0 bridgehead atoms. The van der Waals surface area contributed by atoms with Crippen molar-refractivity contribution in [2.75, 3.05) is 44.7 Å². The van der Waals surface area contributed by atoms with Gasteiger partial charge in [-0.15, -0.1) is 0 Å². The van der Waals surface area contributed by atoms with E-state index in [9.17, 15) is 4.79 Å². The van der Waals surface area contributed by atoms with Crippen LogP contribution in [0.2, 0.25) is 0 Å². The van der Waals surface area contributed by atoms with Crippen LogP contribution in [0.5, 0.6) is 5.75 Å². The van der Waals surface area contributed by atoms with Gasteiger partial charge in [-0.05, 0) is 44.2 Å². The van der Waals surface area contributed by atoms with Gasteiger partial charge in [0.2, 0.25) is 0 Å². The van der Waals surface area contributed by atoms with E-state index in [0.29, 0.717) is 24.7 Å². The number of para-hydroxylation sites is 2. The highest BCUT2D eigenvalue weighted by Crippen LogP contribution is 2.24. The number of likely N-dealkylation sites (tertiary alicyclic amines) is 1. The molecule has 0 radical (unpaired) electrons. The van der Waals surface area contributed by atoms with E-state index in [1.165, 1.54) is 45.3 Å². The molecule has 1 aromatic carbocycles. The van der Waals surface area contributed by atoms with Gasteiger partial charge in [0.15, 0.2) is 0 Å². The Hall–Kier alpha value is -1.75. The molecule has 152 valence electrons. The van der Waals surface area contributed by atoms with Crippen LogP contribution in [0.3, 0.4) is 0 Å². The van der Waals surface area contributed by atoms with Crippen molar-refractivity contribution < 1.29 is 18.8 Å². The van der Waals surface area contributed by atoms with E-state index < -0.39 is 6.09 Å². The molecule has 1 aromatic rings. The van der Waals surface area contributed by atoms with Crippen molar-refractivity contribution in [2.45, 2.75) is 58.8 Å². The summed E-state index contributed by atoms with van der Waals surface area (Å²) in [6, 6.07) is 7.55. The summed E-state index contributed by atoms with van der Waals surface area (Å²) in [6.07, 6.45) is 8.01. The number of piperidine rings is 1. The Morgan fingerprint density at radius 3 is 2.52 bits per heavy atom. The largest absolute Gasteiger partial charge is 0.491 e. The van der Waals surface area contributed by atoms with E-state index in [-0.39, 0.29) is 0 Å². The lowest BCUT2D eigenvalue weighted by Crippen LogP contribution is -2.53. The molecule has 0 aliphatic carbocycles. The molecule has 5 heteroatoms. The summed E-state index contributed by atoms with van der Waals surface area (Å²) in [5.41, 5.74) is 0.675. The summed E-state index contributed by atoms with van der Waals surface area (Å²) in [6.45, 7) is 10.1. The highest BCUT2D eigenvalue weighted by Gasteiger charge is 2.29. The van der Waals surface area contributed by atoms with Crippen LogP contribution in [-0.4, -0.2) is 50.0 Å². The quantitative estimate of drug-likeness (QED) is 0.425. The number of carbonyl (C=O) groups is 1. The maximum absolute atomic E-state index is 12.2. The van der Waals surface area contributed by atoms with E-state index in [1.807, 2.05) is 24.3 Å². The van der Waals surface area contributed by atoms with Crippen LogP contribution in [0.1, 0.15) is 58.8 Å². The Balaban J connectivity index is 1.79. The van der Waals surface area contributed by atoms with Gasteiger partial charge in [0, 0.05) is 0 Å². The number of nitrogens with zero attached hydrogens (tertiary/aromatic N) is 1. The molecule has 0 unspecified atom stereocenters. The van der Waals surface area contributed by atoms with Crippen LogP contribution in [0.25, 0.3) is 0 Å². The predicted octanol–water partition coefficient (Wildman–Crippen LogP) is 5.21. The molecule has 1 heterocycles. The molecule has 1 aliphatic heterocycles. The van der Waals surface area contributed by atoms with Crippen LogP contribution in [-0.2, 0) is 4.74 Å². The van der Waals surface area contributed by atoms with Gasteiger partial charge in [0.25, 0.3) is 0 Å². The molecular weight excluding hydrogens is 340 g/mol. The van der Waals surface area contributed by atoms with Crippen LogP contribution < -0.4 is 10.1 Å². The van der Waals surface area contributed by atoms with Crippen LogP contribution in [0.4, 0.5) is 10.5 Å². The molecule has 1 N–H and O–H groups in total. The number of quaternary nitrogens is 1. The van der Waals surface area contributed by atoms with Gasteiger partial charge in [0.1, 0.15) is 18.9 Å².